The normalized spacial score (nSPS) is 15.2. The summed E-state index contributed by atoms with van der Waals surface area (Å²) < 4.78 is 24.1. The minimum atomic E-state index is -0.369. The van der Waals surface area contributed by atoms with Gasteiger partial charge < -0.3 is 19.5 Å². The zero-order valence-electron chi connectivity index (χ0n) is 18.8. The van der Waals surface area contributed by atoms with E-state index >= 15 is 0 Å². The molecule has 0 radical (unpaired) electrons. The van der Waals surface area contributed by atoms with Crippen LogP contribution in [0.15, 0.2) is 53.1 Å². The van der Waals surface area contributed by atoms with Crippen LogP contribution < -0.4 is 5.32 Å². The molecule has 0 spiro atoms. The van der Waals surface area contributed by atoms with E-state index in [1.807, 2.05) is 0 Å². The van der Waals surface area contributed by atoms with Crippen LogP contribution in [0.4, 0.5) is 4.39 Å². The zero-order valence-corrected chi connectivity index (χ0v) is 20.3. The van der Waals surface area contributed by atoms with Gasteiger partial charge >= 0.3 is 0 Å². The lowest BCUT2D eigenvalue weighted by Gasteiger charge is -2.24. The molecule has 2 amide bonds. The predicted molar refractivity (Wildman–Crippen MR) is 130 cm³/mol. The number of aromatic nitrogens is 1. The van der Waals surface area contributed by atoms with E-state index in [2.05, 4.69) is 10.5 Å². The Morgan fingerprint density at radius 1 is 1.14 bits per heavy atom. The Hall–Kier alpha value is -2.94. The number of hydrogen-bond donors (Lipinski definition) is 1. The largest absolute Gasteiger partial charge is 0.376 e. The first-order valence-corrected chi connectivity index (χ1v) is 12.0. The summed E-state index contributed by atoms with van der Waals surface area (Å²) in [6.07, 6.45) is 1.75. The first kappa shape index (κ1) is 25.2. The van der Waals surface area contributed by atoms with Crippen molar-refractivity contribution in [3.8, 4) is 11.3 Å². The van der Waals surface area contributed by atoms with Gasteiger partial charge in [0.05, 0.1) is 11.1 Å². The van der Waals surface area contributed by atoms with Crippen LogP contribution in [0.3, 0.4) is 0 Å². The zero-order chi connectivity index (χ0) is 24.8. The highest BCUT2D eigenvalue weighted by molar-refractivity contribution is 6.36. The molecule has 2 heterocycles. The van der Waals surface area contributed by atoms with Crippen molar-refractivity contribution in [2.24, 2.45) is 0 Å². The fourth-order valence-corrected chi connectivity index (χ4v) is 4.29. The van der Waals surface area contributed by atoms with E-state index < -0.39 is 0 Å². The van der Waals surface area contributed by atoms with Gasteiger partial charge in [-0.15, -0.1) is 0 Å². The van der Waals surface area contributed by atoms with Crippen molar-refractivity contribution in [2.75, 3.05) is 19.7 Å². The van der Waals surface area contributed by atoms with Crippen LogP contribution in [-0.4, -0.2) is 47.7 Å². The maximum atomic E-state index is 13.3. The van der Waals surface area contributed by atoms with E-state index in [4.69, 9.17) is 32.5 Å². The molecular weight excluding hydrogens is 496 g/mol. The van der Waals surface area contributed by atoms with Crippen LogP contribution >= 0.6 is 23.2 Å². The van der Waals surface area contributed by atoms with E-state index in [1.165, 1.54) is 18.2 Å². The Labute approximate surface area is 212 Å². The average Bonchev–Trinajstić information content (AvgIpc) is 3.53. The number of nitrogens with zero attached hydrogens (tertiary/aromatic N) is 2. The van der Waals surface area contributed by atoms with Crippen LogP contribution in [0.25, 0.3) is 11.3 Å². The third kappa shape index (κ3) is 6.81. The molecule has 1 fully saturated rings. The van der Waals surface area contributed by atoms with Gasteiger partial charge in [0.15, 0.2) is 11.5 Å². The molecule has 7 nitrogen and oxygen atoms in total. The second kappa shape index (κ2) is 11.7. The summed E-state index contributed by atoms with van der Waals surface area (Å²) >= 11 is 12.2. The summed E-state index contributed by atoms with van der Waals surface area (Å²) in [6.45, 7) is 1.44. The Morgan fingerprint density at radius 2 is 1.94 bits per heavy atom. The van der Waals surface area contributed by atoms with Crippen LogP contribution in [0, 0.1) is 5.82 Å². The fourth-order valence-electron chi connectivity index (χ4n) is 3.79. The number of ether oxygens (including phenoxy) is 1. The Bertz CT molecular complexity index is 1180. The molecule has 2 aromatic carbocycles. The molecule has 0 aliphatic carbocycles. The first-order valence-electron chi connectivity index (χ1n) is 11.2. The molecule has 1 saturated heterocycles. The monoisotopic (exact) mass is 519 g/mol. The molecule has 3 aromatic rings. The summed E-state index contributed by atoms with van der Waals surface area (Å²) in [5.41, 5.74) is 1.45. The van der Waals surface area contributed by atoms with Gasteiger partial charge in [0.1, 0.15) is 5.82 Å². The third-order valence-corrected chi connectivity index (χ3v) is 6.22. The molecule has 1 aliphatic heterocycles. The van der Waals surface area contributed by atoms with Gasteiger partial charge in [-0.3, -0.25) is 9.59 Å². The summed E-state index contributed by atoms with van der Waals surface area (Å²) in [5.74, 6) is -0.595. The van der Waals surface area contributed by atoms with Crippen molar-refractivity contribution in [1.29, 1.82) is 0 Å². The SMILES string of the molecule is O=C(CCN(CC1CCCO1)C(=O)c1cc(-c2ccc(Cl)cc2Cl)on1)NCc1ccc(F)cc1. The smallest absolute Gasteiger partial charge is 0.276 e. The average molecular weight is 520 g/mol. The van der Waals surface area contributed by atoms with E-state index in [0.717, 1.165) is 18.4 Å². The number of rotatable bonds is 9. The molecule has 35 heavy (non-hydrogen) atoms. The van der Waals surface area contributed by atoms with Gasteiger partial charge in [-0.1, -0.05) is 40.5 Å². The highest BCUT2D eigenvalue weighted by atomic mass is 35.5. The summed E-state index contributed by atoms with van der Waals surface area (Å²) in [4.78, 5) is 27.2. The van der Waals surface area contributed by atoms with E-state index in [9.17, 15) is 14.0 Å². The number of benzene rings is 2. The first-order chi connectivity index (χ1) is 16.9. The number of nitrogens with one attached hydrogen (secondary N) is 1. The van der Waals surface area contributed by atoms with E-state index in [-0.39, 0.29) is 48.9 Å². The summed E-state index contributed by atoms with van der Waals surface area (Å²) in [7, 11) is 0. The number of halogens is 3. The van der Waals surface area contributed by atoms with Crippen LogP contribution in [0.2, 0.25) is 10.0 Å². The predicted octanol–water partition coefficient (Wildman–Crippen LogP) is 5.12. The van der Waals surface area contributed by atoms with E-state index in [1.54, 1.807) is 35.2 Å². The molecule has 10 heteroatoms. The van der Waals surface area contributed by atoms with Crippen molar-refractivity contribution in [3.05, 3.63) is 75.7 Å². The lowest BCUT2D eigenvalue weighted by atomic mass is 10.1. The van der Waals surface area contributed by atoms with Gasteiger partial charge in [0, 0.05) is 49.3 Å². The topological polar surface area (TPSA) is 84.7 Å². The molecular formula is C25H24Cl2FN3O4. The molecule has 1 aliphatic rings. The second-order valence-electron chi connectivity index (χ2n) is 8.24. The fraction of sp³-hybridized carbons (Fsp3) is 0.320. The Balaban J connectivity index is 1.41. The number of carbonyl (C=O) groups is 2. The minimum absolute atomic E-state index is 0.0907. The van der Waals surface area contributed by atoms with Gasteiger partial charge in [-0.2, -0.15) is 0 Å². The van der Waals surface area contributed by atoms with Gasteiger partial charge in [-0.25, -0.2) is 4.39 Å². The third-order valence-electron chi connectivity index (χ3n) is 5.67. The lowest BCUT2D eigenvalue weighted by molar-refractivity contribution is -0.121. The molecule has 4 rings (SSSR count). The molecule has 184 valence electrons. The maximum absolute atomic E-state index is 13.3. The van der Waals surface area contributed by atoms with Gasteiger partial charge in [0.25, 0.3) is 5.91 Å². The highest BCUT2D eigenvalue weighted by Crippen LogP contribution is 2.31. The molecule has 0 saturated carbocycles. The van der Waals surface area contributed by atoms with Crippen molar-refractivity contribution in [1.82, 2.24) is 15.4 Å². The molecule has 1 N–H and O–H groups in total. The minimum Gasteiger partial charge on any atom is -0.376 e. The van der Waals surface area contributed by atoms with Gasteiger partial charge in [0.2, 0.25) is 5.91 Å². The molecule has 1 unspecified atom stereocenters. The number of amides is 2. The lowest BCUT2D eigenvalue weighted by Crippen LogP contribution is -2.40. The quantitative estimate of drug-likeness (QED) is 0.424. The van der Waals surface area contributed by atoms with Crippen molar-refractivity contribution in [2.45, 2.75) is 31.9 Å². The van der Waals surface area contributed by atoms with Crippen LogP contribution in [-0.2, 0) is 16.1 Å². The Kier molecular flexibility index (Phi) is 8.38. The Morgan fingerprint density at radius 3 is 2.66 bits per heavy atom. The summed E-state index contributed by atoms with van der Waals surface area (Å²) in [5, 5.41) is 7.58. The number of hydrogen-bond acceptors (Lipinski definition) is 5. The van der Waals surface area contributed by atoms with Crippen LogP contribution in [0.5, 0.6) is 0 Å². The van der Waals surface area contributed by atoms with Crippen LogP contribution in [0.1, 0.15) is 35.3 Å². The van der Waals surface area contributed by atoms with Gasteiger partial charge in [-0.05, 0) is 48.7 Å². The maximum Gasteiger partial charge on any atom is 0.276 e. The van der Waals surface area contributed by atoms with Crippen molar-refractivity contribution >= 4 is 35.0 Å². The highest BCUT2D eigenvalue weighted by Gasteiger charge is 2.26. The van der Waals surface area contributed by atoms with E-state index in [0.29, 0.717) is 34.5 Å². The second-order valence-corrected chi connectivity index (χ2v) is 9.08. The molecule has 1 aromatic heterocycles. The van der Waals surface area contributed by atoms with Crippen molar-refractivity contribution < 1.29 is 23.2 Å². The summed E-state index contributed by atoms with van der Waals surface area (Å²) in [6, 6.07) is 12.4. The molecule has 0 bridgehead atoms. The van der Waals surface area contributed by atoms with Crippen molar-refractivity contribution in [3.63, 3.8) is 0 Å². The number of carbonyl (C=O) groups excluding carboxylic acids is 2. The standard InChI is InChI=1S/C25H24Cl2FN3O4/c26-17-5-8-20(21(27)12-17)23-13-22(30-35-23)25(33)31(15-19-2-1-11-34-19)10-9-24(32)29-14-16-3-6-18(28)7-4-16/h3-8,12-13,19H,1-2,9-11,14-15H2,(H,29,32). The molecule has 1 atom stereocenters.